The first kappa shape index (κ1) is 16.3. The third-order valence-corrected chi connectivity index (χ3v) is 4.75. The summed E-state index contributed by atoms with van der Waals surface area (Å²) < 4.78 is 16.9. The van der Waals surface area contributed by atoms with E-state index in [0.29, 0.717) is 19.7 Å². The highest BCUT2D eigenvalue weighted by Crippen LogP contribution is 2.25. The first-order valence-corrected chi connectivity index (χ1v) is 8.43. The monoisotopic (exact) mass is 322 g/mol. The fourth-order valence-corrected chi connectivity index (χ4v) is 3.43. The summed E-state index contributed by atoms with van der Waals surface area (Å²) in [7, 11) is 1.72. The molecular weight excluding hydrogens is 296 g/mol. The third-order valence-electron chi connectivity index (χ3n) is 4.75. The Morgan fingerprint density at radius 3 is 2.91 bits per heavy atom. The number of hydrogen-bond acceptors (Lipinski definition) is 4. The van der Waals surface area contributed by atoms with Crippen LogP contribution in [0.2, 0.25) is 0 Å². The molecule has 1 N–H and O–H groups in total. The zero-order valence-corrected chi connectivity index (χ0v) is 13.9. The summed E-state index contributed by atoms with van der Waals surface area (Å²) in [5, 5.41) is 3.14. The number of ether oxygens (including phenoxy) is 2. The van der Waals surface area contributed by atoms with Gasteiger partial charge in [0.25, 0.3) is 0 Å². The van der Waals surface area contributed by atoms with Gasteiger partial charge in [0, 0.05) is 13.7 Å². The summed E-state index contributed by atoms with van der Waals surface area (Å²) in [6, 6.07) is 3.91. The normalized spacial score (nSPS) is 28.6. The van der Waals surface area contributed by atoms with Crippen molar-refractivity contribution < 1.29 is 18.7 Å². The Kier molecular flexibility index (Phi) is 5.23. The van der Waals surface area contributed by atoms with Gasteiger partial charge < -0.3 is 24.1 Å². The largest absolute Gasteiger partial charge is 0.464 e. The van der Waals surface area contributed by atoms with Crippen LogP contribution < -0.4 is 5.32 Å². The molecule has 2 aliphatic rings. The molecule has 0 radical (unpaired) electrons. The summed E-state index contributed by atoms with van der Waals surface area (Å²) in [4.78, 5) is 14.4. The van der Waals surface area contributed by atoms with Crippen molar-refractivity contribution in [1.82, 2.24) is 10.2 Å². The molecule has 0 spiro atoms. The van der Waals surface area contributed by atoms with Gasteiger partial charge in [-0.05, 0) is 31.9 Å². The number of rotatable bonds is 3. The molecule has 6 heteroatoms. The number of carbonyl (C=O) groups is 1. The lowest BCUT2D eigenvalue weighted by atomic mass is 9.92. The molecule has 0 aromatic carbocycles. The highest BCUT2D eigenvalue weighted by atomic mass is 16.5. The molecule has 0 bridgehead atoms. The maximum absolute atomic E-state index is 12.6. The van der Waals surface area contributed by atoms with Crippen LogP contribution in [0.3, 0.4) is 0 Å². The molecule has 2 fully saturated rings. The van der Waals surface area contributed by atoms with Crippen molar-refractivity contribution in [1.29, 1.82) is 0 Å². The van der Waals surface area contributed by atoms with E-state index in [2.05, 4.69) is 5.32 Å². The van der Waals surface area contributed by atoms with Crippen molar-refractivity contribution >= 4 is 6.03 Å². The molecule has 1 aliphatic heterocycles. The van der Waals surface area contributed by atoms with Crippen molar-refractivity contribution in [3.05, 3.63) is 23.7 Å². The number of hydrogen-bond donors (Lipinski definition) is 1. The molecule has 1 saturated carbocycles. The Labute approximate surface area is 137 Å². The topological polar surface area (TPSA) is 63.9 Å². The molecule has 0 unspecified atom stereocenters. The molecule has 1 aromatic rings. The van der Waals surface area contributed by atoms with E-state index in [9.17, 15) is 4.79 Å². The number of aryl methyl sites for hydroxylation is 1. The second-order valence-electron chi connectivity index (χ2n) is 6.37. The predicted molar refractivity (Wildman–Crippen MR) is 85.3 cm³/mol. The average Bonchev–Trinajstić information content (AvgIpc) is 3.02. The zero-order chi connectivity index (χ0) is 16.2. The highest BCUT2D eigenvalue weighted by molar-refractivity contribution is 5.74. The number of methoxy groups -OCH3 is 1. The maximum atomic E-state index is 12.6. The molecule has 3 atom stereocenters. The number of amides is 2. The second kappa shape index (κ2) is 7.36. The molecule has 128 valence electrons. The van der Waals surface area contributed by atoms with Crippen LogP contribution in [-0.2, 0) is 9.47 Å². The molecule has 2 amide bonds. The Morgan fingerprint density at radius 1 is 1.35 bits per heavy atom. The van der Waals surface area contributed by atoms with Crippen LogP contribution >= 0.6 is 0 Å². The molecule has 3 rings (SSSR count). The van der Waals surface area contributed by atoms with E-state index in [1.54, 1.807) is 7.11 Å². The molecule has 1 aliphatic carbocycles. The molecule has 1 aromatic heterocycles. The lowest BCUT2D eigenvalue weighted by molar-refractivity contribution is -0.0282. The standard InChI is InChI=1S/C17H26N2O4/c1-12-7-8-15(23-12)16-11-19(9-10-22-16)17(20)18-13-5-3-4-6-14(13)21-2/h7-8,13-14,16H,3-6,9-11H2,1-2H3,(H,18,20)/t13-,14+,16+/m0/s1. The van der Waals surface area contributed by atoms with Gasteiger partial charge in [-0.1, -0.05) is 12.8 Å². The number of urea groups is 1. The van der Waals surface area contributed by atoms with Gasteiger partial charge in [0.05, 0.1) is 25.3 Å². The van der Waals surface area contributed by atoms with Crippen molar-refractivity contribution in [2.75, 3.05) is 26.8 Å². The molecule has 1 saturated heterocycles. The summed E-state index contributed by atoms with van der Waals surface area (Å²) in [6.07, 6.45) is 4.24. The number of furan rings is 1. The number of nitrogens with one attached hydrogen (secondary N) is 1. The quantitative estimate of drug-likeness (QED) is 0.929. The van der Waals surface area contributed by atoms with Crippen molar-refractivity contribution in [3.63, 3.8) is 0 Å². The van der Waals surface area contributed by atoms with Crippen molar-refractivity contribution in [2.45, 2.75) is 50.9 Å². The van der Waals surface area contributed by atoms with E-state index >= 15 is 0 Å². The van der Waals surface area contributed by atoms with Gasteiger partial charge in [0.15, 0.2) is 0 Å². The van der Waals surface area contributed by atoms with Crippen LogP contribution in [-0.4, -0.2) is 49.9 Å². The molecule has 6 nitrogen and oxygen atoms in total. The van der Waals surface area contributed by atoms with Gasteiger partial charge in [-0.25, -0.2) is 4.79 Å². The van der Waals surface area contributed by atoms with Crippen LogP contribution in [0.1, 0.15) is 43.3 Å². The minimum absolute atomic E-state index is 0.0319. The summed E-state index contributed by atoms with van der Waals surface area (Å²) >= 11 is 0. The smallest absolute Gasteiger partial charge is 0.317 e. The fraction of sp³-hybridized carbons (Fsp3) is 0.706. The Hall–Kier alpha value is -1.53. The maximum Gasteiger partial charge on any atom is 0.317 e. The summed E-state index contributed by atoms with van der Waals surface area (Å²) in [6.45, 7) is 3.55. The SMILES string of the molecule is CO[C@@H]1CCCC[C@@H]1NC(=O)N1CCO[C@@H](c2ccc(C)o2)C1. The molecular formula is C17H26N2O4. The van der Waals surface area contributed by atoms with E-state index in [0.717, 1.165) is 30.8 Å². The van der Waals surface area contributed by atoms with E-state index in [1.165, 1.54) is 6.42 Å². The fourth-order valence-electron chi connectivity index (χ4n) is 3.43. The Bertz CT molecular complexity index is 530. The van der Waals surface area contributed by atoms with Crippen molar-refractivity contribution in [2.24, 2.45) is 0 Å². The zero-order valence-electron chi connectivity index (χ0n) is 13.9. The average molecular weight is 322 g/mol. The summed E-state index contributed by atoms with van der Waals surface area (Å²) in [5.74, 6) is 1.64. The lowest BCUT2D eigenvalue weighted by Crippen LogP contribution is -2.53. The predicted octanol–water partition coefficient (Wildman–Crippen LogP) is 2.63. The van der Waals surface area contributed by atoms with Crippen LogP contribution in [0.4, 0.5) is 4.79 Å². The number of nitrogens with zero attached hydrogens (tertiary/aromatic N) is 1. The minimum atomic E-state index is -0.187. The highest BCUT2D eigenvalue weighted by Gasteiger charge is 2.31. The van der Waals surface area contributed by atoms with Gasteiger partial charge in [0.2, 0.25) is 0 Å². The van der Waals surface area contributed by atoms with E-state index < -0.39 is 0 Å². The number of carbonyl (C=O) groups excluding carboxylic acids is 1. The van der Waals surface area contributed by atoms with Gasteiger partial charge >= 0.3 is 6.03 Å². The lowest BCUT2D eigenvalue weighted by Gasteiger charge is -2.36. The van der Waals surface area contributed by atoms with Crippen LogP contribution in [0.15, 0.2) is 16.5 Å². The third kappa shape index (κ3) is 3.87. The Balaban J connectivity index is 1.58. The van der Waals surface area contributed by atoms with Gasteiger partial charge in [-0.2, -0.15) is 0 Å². The second-order valence-corrected chi connectivity index (χ2v) is 6.37. The molecule has 2 heterocycles. The van der Waals surface area contributed by atoms with Crippen LogP contribution in [0.5, 0.6) is 0 Å². The van der Waals surface area contributed by atoms with Gasteiger partial charge in [-0.3, -0.25) is 0 Å². The van der Waals surface area contributed by atoms with Gasteiger partial charge in [0.1, 0.15) is 17.6 Å². The van der Waals surface area contributed by atoms with E-state index in [4.69, 9.17) is 13.9 Å². The number of morpholine rings is 1. The summed E-state index contributed by atoms with van der Waals surface area (Å²) in [5.41, 5.74) is 0. The van der Waals surface area contributed by atoms with Crippen molar-refractivity contribution in [3.8, 4) is 0 Å². The van der Waals surface area contributed by atoms with Crippen LogP contribution in [0.25, 0.3) is 0 Å². The van der Waals surface area contributed by atoms with Gasteiger partial charge in [-0.15, -0.1) is 0 Å². The molecule has 23 heavy (non-hydrogen) atoms. The Morgan fingerprint density at radius 2 is 2.17 bits per heavy atom. The van der Waals surface area contributed by atoms with E-state index in [1.807, 2.05) is 24.0 Å². The minimum Gasteiger partial charge on any atom is -0.464 e. The van der Waals surface area contributed by atoms with Crippen LogP contribution in [0, 0.1) is 6.92 Å². The first-order valence-electron chi connectivity index (χ1n) is 8.43. The van der Waals surface area contributed by atoms with E-state index in [-0.39, 0.29) is 24.3 Å². The first-order chi connectivity index (χ1) is 11.2.